The second-order valence-corrected chi connectivity index (χ2v) is 11.9. The lowest BCUT2D eigenvalue weighted by Crippen LogP contribution is -2.26. The summed E-state index contributed by atoms with van der Waals surface area (Å²) in [5, 5.41) is 11.5. The fraction of sp³-hybridized carbons (Fsp3) is 0.258. The molecule has 4 aromatic rings. The van der Waals surface area contributed by atoms with Gasteiger partial charge in [0.2, 0.25) is 0 Å². The Morgan fingerprint density at radius 3 is 2.66 bits per heavy atom. The molecule has 1 amide bonds. The van der Waals surface area contributed by atoms with Gasteiger partial charge in [0.25, 0.3) is 5.91 Å². The van der Waals surface area contributed by atoms with Gasteiger partial charge in [-0.15, -0.1) is 0 Å². The van der Waals surface area contributed by atoms with Gasteiger partial charge in [-0.25, -0.2) is 13.4 Å². The van der Waals surface area contributed by atoms with Gasteiger partial charge in [-0.2, -0.15) is 0 Å². The summed E-state index contributed by atoms with van der Waals surface area (Å²) >= 11 is 0. The number of nitrogens with one attached hydrogen (secondary N) is 1. The Bertz CT molecular complexity index is 1640. The predicted molar refractivity (Wildman–Crippen MR) is 152 cm³/mol. The fourth-order valence-corrected chi connectivity index (χ4v) is 6.45. The molecular weight excluding hydrogens is 542 g/mol. The zero-order valence-electron chi connectivity index (χ0n) is 22.4. The second kappa shape index (κ2) is 12.5. The SMILES string of the molecule is O=C(NCCO)c1cccc(S(=O)(=O)Cc2cc(O[C@H](Cn3ccnc3)c3ccccc3)cc3c2C(=O)CCC3)c1. The van der Waals surface area contributed by atoms with E-state index in [0.717, 1.165) is 11.1 Å². The predicted octanol–water partition coefficient (Wildman–Crippen LogP) is 3.92. The molecule has 0 aliphatic heterocycles. The van der Waals surface area contributed by atoms with Gasteiger partial charge in [-0.1, -0.05) is 36.4 Å². The molecule has 1 aliphatic carbocycles. The number of aromatic nitrogens is 2. The van der Waals surface area contributed by atoms with Crippen molar-refractivity contribution < 1.29 is 27.9 Å². The average molecular weight is 574 g/mol. The first-order chi connectivity index (χ1) is 19.8. The van der Waals surface area contributed by atoms with E-state index in [4.69, 9.17) is 9.84 Å². The number of carbonyl (C=O) groups excluding carboxylic acids is 2. The van der Waals surface area contributed by atoms with Crippen molar-refractivity contribution in [2.75, 3.05) is 13.2 Å². The summed E-state index contributed by atoms with van der Waals surface area (Å²) in [4.78, 5) is 29.5. The van der Waals surface area contributed by atoms with Gasteiger partial charge in [0.05, 0.1) is 30.1 Å². The van der Waals surface area contributed by atoms with Crippen LogP contribution in [0.15, 0.2) is 90.3 Å². The van der Waals surface area contributed by atoms with E-state index in [2.05, 4.69) is 10.3 Å². The third-order valence-corrected chi connectivity index (χ3v) is 8.65. The number of amides is 1. The number of hydrogen-bond donors (Lipinski definition) is 2. The molecule has 5 rings (SSSR count). The summed E-state index contributed by atoms with van der Waals surface area (Å²) in [5.74, 6) is -0.505. The van der Waals surface area contributed by atoms with Gasteiger partial charge in [-0.05, 0) is 59.9 Å². The number of fused-ring (bicyclic) bond motifs is 1. The van der Waals surface area contributed by atoms with Crippen molar-refractivity contribution in [1.29, 1.82) is 0 Å². The number of aliphatic hydroxyl groups is 1. The molecule has 3 aromatic carbocycles. The fourth-order valence-electron chi connectivity index (χ4n) is 5.06. The summed E-state index contributed by atoms with van der Waals surface area (Å²) in [6.07, 6.45) is 6.55. The van der Waals surface area contributed by atoms with Crippen molar-refractivity contribution in [3.63, 3.8) is 0 Å². The van der Waals surface area contributed by atoms with Crippen molar-refractivity contribution in [2.24, 2.45) is 0 Å². The molecule has 1 heterocycles. The molecule has 1 atom stereocenters. The molecule has 1 aromatic heterocycles. The number of benzene rings is 3. The Morgan fingerprint density at radius 2 is 1.90 bits per heavy atom. The van der Waals surface area contributed by atoms with Gasteiger partial charge in [-0.3, -0.25) is 9.59 Å². The minimum atomic E-state index is -3.93. The van der Waals surface area contributed by atoms with Crippen molar-refractivity contribution in [3.05, 3.63) is 113 Å². The van der Waals surface area contributed by atoms with Crippen LogP contribution in [0, 0.1) is 0 Å². The Hall–Kier alpha value is -4.28. The average Bonchev–Trinajstić information content (AvgIpc) is 3.49. The molecule has 0 radical (unpaired) electrons. The molecule has 0 fully saturated rings. The van der Waals surface area contributed by atoms with Crippen molar-refractivity contribution in [2.45, 2.75) is 42.6 Å². The standard InChI is InChI=1S/C31H31N3O6S/c35-15-13-33-31(37)24-9-4-10-27(18-24)41(38,39)20-25-17-26(16-23-8-5-11-28(36)30(23)25)40-29(19-34-14-12-32-21-34)22-6-2-1-3-7-22/h1-4,6-7,9-10,12,14,16-18,21,29,35H,5,8,11,13,15,19-20H2,(H,33,37)/t29-/m1/s1. The van der Waals surface area contributed by atoms with Crippen molar-refractivity contribution in [1.82, 2.24) is 14.9 Å². The van der Waals surface area contributed by atoms with Crippen molar-refractivity contribution in [3.8, 4) is 5.75 Å². The van der Waals surface area contributed by atoms with Crippen LogP contribution in [0.4, 0.5) is 0 Å². The zero-order chi connectivity index (χ0) is 28.8. The lowest BCUT2D eigenvalue weighted by atomic mass is 9.87. The quantitative estimate of drug-likeness (QED) is 0.278. The van der Waals surface area contributed by atoms with Crippen LogP contribution < -0.4 is 10.1 Å². The molecule has 9 nitrogen and oxygen atoms in total. The van der Waals surface area contributed by atoms with Gasteiger partial charge >= 0.3 is 0 Å². The maximum absolute atomic E-state index is 13.6. The van der Waals surface area contributed by atoms with E-state index in [1.54, 1.807) is 18.6 Å². The number of hydrogen-bond acceptors (Lipinski definition) is 7. The van der Waals surface area contributed by atoms with E-state index in [0.29, 0.717) is 42.7 Å². The molecular formula is C31H31N3O6S. The first-order valence-electron chi connectivity index (χ1n) is 13.4. The first-order valence-corrected chi connectivity index (χ1v) is 15.1. The maximum atomic E-state index is 13.6. The highest BCUT2D eigenvalue weighted by atomic mass is 32.2. The minimum Gasteiger partial charge on any atom is -0.484 e. The number of imidazole rings is 1. The molecule has 2 N–H and O–H groups in total. The zero-order valence-corrected chi connectivity index (χ0v) is 23.2. The van der Waals surface area contributed by atoms with E-state index in [9.17, 15) is 18.0 Å². The lowest BCUT2D eigenvalue weighted by molar-refractivity contribution is 0.0942. The third kappa shape index (κ3) is 6.72. The summed E-state index contributed by atoms with van der Waals surface area (Å²) in [5.41, 5.74) is 2.71. The molecule has 0 saturated carbocycles. The summed E-state index contributed by atoms with van der Waals surface area (Å²) in [7, 11) is -3.93. The summed E-state index contributed by atoms with van der Waals surface area (Å²) in [6, 6.07) is 19.0. The number of ketones is 1. The molecule has 1 aliphatic rings. The van der Waals surface area contributed by atoms with E-state index < -0.39 is 21.5 Å². The normalized spacial score (nSPS) is 13.8. The number of Topliss-reactive ketones (excluding diaryl/α,β-unsaturated/α-hetero) is 1. The second-order valence-electron chi connectivity index (χ2n) is 9.94. The van der Waals surface area contributed by atoms with Crippen LogP contribution in [0.3, 0.4) is 0 Å². The molecule has 212 valence electrons. The molecule has 0 bridgehead atoms. The van der Waals surface area contributed by atoms with Gasteiger partial charge in [0.1, 0.15) is 11.9 Å². The highest BCUT2D eigenvalue weighted by molar-refractivity contribution is 7.90. The van der Waals surface area contributed by atoms with E-state index >= 15 is 0 Å². The number of rotatable bonds is 11. The van der Waals surface area contributed by atoms with E-state index in [-0.39, 0.29) is 35.5 Å². The van der Waals surface area contributed by atoms with Crippen LogP contribution >= 0.6 is 0 Å². The van der Waals surface area contributed by atoms with E-state index in [1.165, 1.54) is 24.3 Å². The Morgan fingerprint density at radius 1 is 1.07 bits per heavy atom. The van der Waals surface area contributed by atoms with Crippen molar-refractivity contribution >= 4 is 21.5 Å². The molecule has 0 unspecified atom stereocenters. The van der Waals surface area contributed by atoms with Crippen LogP contribution in [-0.2, 0) is 28.6 Å². The van der Waals surface area contributed by atoms with Crippen LogP contribution in [0.5, 0.6) is 5.75 Å². The number of ether oxygens (including phenoxy) is 1. The lowest BCUT2D eigenvalue weighted by Gasteiger charge is -2.24. The molecule has 10 heteroatoms. The molecule has 41 heavy (non-hydrogen) atoms. The Balaban J connectivity index is 1.49. The van der Waals surface area contributed by atoms with Crippen LogP contribution in [0.2, 0.25) is 0 Å². The number of aliphatic hydroxyl groups excluding tert-OH is 1. The molecule has 0 spiro atoms. The number of carbonyl (C=O) groups is 2. The van der Waals surface area contributed by atoms with Crippen LogP contribution in [0.25, 0.3) is 0 Å². The highest BCUT2D eigenvalue weighted by Crippen LogP contribution is 2.34. The minimum absolute atomic E-state index is 0.0280. The summed E-state index contributed by atoms with van der Waals surface area (Å²) < 4.78 is 35.6. The Labute approximate surface area is 238 Å². The number of sulfone groups is 1. The summed E-state index contributed by atoms with van der Waals surface area (Å²) in [6.45, 7) is 0.315. The topological polar surface area (TPSA) is 128 Å². The maximum Gasteiger partial charge on any atom is 0.251 e. The smallest absolute Gasteiger partial charge is 0.251 e. The first kappa shape index (κ1) is 28.3. The van der Waals surface area contributed by atoms with Gasteiger partial charge in [0.15, 0.2) is 15.6 Å². The van der Waals surface area contributed by atoms with Gasteiger partial charge < -0.3 is 19.7 Å². The number of aryl methyl sites for hydroxylation is 1. The van der Waals surface area contributed by atoms with Crippen LogP contribution in [-0.4, -0.2) is 47.9 Å². The molecule has 0 saturated heterocycles. The Kier molecular flexibility index (Phi) is 8.61. The largest absolute Gasteiger partial charge is 0.484 e. The highest BCUT2D eigenvalue weighted by Gasteiger charge is 2.27. The van der Waals surface area contributed by atoms with Gasteiger partial charge in [0, 0.05) is 36.5 Å². The third-order valence-electron chi connectivity index (χ3n) is 6.99. The van der Waals surface area contributed by atoms with E-state index in [1.807, 2.05) is 47.2 Å². The van der Waals surface area contributed by atoms with Crippen LogP contribution in [0.1, 0.15) is 56.4 Å². The monoisotopic (exact) mass is 573 g/mol. The number of nitrogens with zero attached hydrogens (tertiary/aromatic N) is 2.